The third kappa shape index (κ3) is 4.10. The van der Waals surface area contributed by atoms with Gasteiger partial charge in [-0.2, -0.15) is 0 Å². The molecule has 0 bridgehead atoms. The van der Waals surface area contributed by atoms with Crippen LogP contribution < -0.4 is 0 Å². The highest BCUT2D eigenvalue weighted by atomic mass is 32.2. The Hall–Kier alpha value is -0.740. The zero-order chi connectivity index (χ0) is 11.1. The van der Waals surface area contributed by atoms with Crippen molar-refractivity contribution in [2.45, 2.75) is 18.9 Å². The number of aromatic nitrogens is 1. The van der Waals surface area contributed by atoms with Gasteiger partial charge in [-0.15, -0.1) is 0 Å². The van der Waals surface area contributed by atoms with Crippen LogP contribution in [0, 0.1) is 0 Å². The van der Waals surface area contributed by atoms with Crippen LogP contribution >= 0.6 is 0 Å². The van der Waals surface area contributed by atoms with Crippen LogP contribution in [-0.2, 0) is 10.8 Å². The Bertz CT molecular complexity index is 299. The molecule has 0 aliphatic carbocycles. The standard InChI is InChI=1S/C11H18N2OS/c1-3-13(4-2)9-10-15(14)11-7-5-6-8-12-11/h5-8H,3-4,9-10H2,1-2H3. The van der Waals surface area contributed by atoms with Gasteiger partial charge in [0, 0.05) is 18.5 Å². The Morgan fingerprint density at radius 3 is 2.60 bits per heavy atom. The molecule has 1 heterocycles. The smallest absolute Gasteiger partial charge is 0.127 e. The first-order valence-corrected chi connectivity index (χ1v) is 6.61. The second-order valence-corrected chi connectivity index (χ2v) is 4.76. The summed E-state index contributed by atoms with van der Waals surface area (Å²) in [6.45, 7) is 7.13. The van der Waals surface area contributed by atoms with Crippen molar-refractivity contribution in [2.75, 3.05) is 25.4 Å². The van der Waals surface area contributed by atoms with Crippen LogP contribution in [-0.4, -0.2) is 39.5 Å². The molecule has 0 N–H and O–H groups in total. The summed E-state index contributed by atoms with van der Waals surface area (Å²) in [6.07, 6.45) is 1.69. The second-order valence-electron chi connectivity index (χ2n) is 3.24. The minimum atomic E-state index is -0.960. The monoisotopic (exact) mass is 226 g/mol. The molecule has 0 aliphatic rings. The van der Waals surface area contributed by atoms with Gasteiger partial charge in [0.05, 0.1) is 10.8 Å². The summed E-state index contributed by atoms with van der Waals surface area (Å²) in [7, 11) is -0.960. The van der Waals surface area contributed by atoms with Crippen molar-refractivity contribution in [1.82, 2.24) is 9.88 Å². The fraction of sp³-hybridized carbons (Fsp3) is 0.545. The lowest BCUT2D eigenvalue weighted by atomic mass is 10.5. The van der Waals surface area contributed by atoms with Crippen LogP contribution in [0.3, 0.4) is 0 Å². The Morgan fingerprint density at radius 2 is 2.07 bits per heavy atom. The summed E-state index contributed by atoms with van der Waals surface area (Å²) < 4.78 is 11.8. The van der Waals surface area contributed by atoms with Crippen molar-refractivity contribution in [2.24, 2.45) is 0 Å². The van der Waals surface area contributed by atoms with Crippen LogP contribution in [0.2, 0.25) is 0 Å². The average molecular weight is 226 g/mol. The van der Waals surface area contributed by atoms with Gasteiger partial charge in [0.2, 0.25) is 0 Å². The molecule has 1 aromatic heterocycles. The van der Waals surface area contributed by atoms with E-state index >= 15 is 0 Å². The number of pyridine rings is 1. The SMILES string of the molecule is CCN(CC)CCS(=O)c1ccccn1. The highest BCUT2D eigenvalue weighted by molar-refractivity contribution is 7.85. The van der Waals surface area contributed by atoms with Gasteiger partial charge in [-0.3, -0.25) is 4.21 Å². The van der Waals surface area contributed by atoms with Crippen molar-refractivity contribution in [3.05, 3.63) is 24.4 Å². The predicted molar refractivity (Wildman–Crippen MR) is 63.3 cm³/mol. The molecule has 1 atom stereocenters. The molecule has 0 aliphatic heterocycles. The van der Waals surface area contributed by atoms with Gasteiger partial charge in [-0.1, -0.05) is 19.9 Å². The van der Waals surface area contributed by atoms with Crippen LogP contribution in [0.15, 0.2) is 29.4 Å². The predicted octanol–water partition coefficient (Wildman–Crippen LogP) is 1.53. The van der Waals surface area contributed by atoms with Crippen LogP contribution in [0.5, 0.6) is 0 Å². The van der Waals surface area contributed by atoms with E-state index in [0.717, 1.165) is 19.6 Å². The van der Waals surface area contributed by atoms with Gasteiger partial charge < -0.3 is 4.90 Å². The number of rotatable bonds is 6. The normalized spacial score (nSPS) is 13.0. The Labute approximate surface area is 94.0 Å². The molecular formula is C11H18N2OS. The van der Waals surface area contributed by atoms with E-state index in [2.05, 4.69) is 23.7 Å². The topological polar surface area (TPSA) is 33.2 Å². The third-order valence-corrected chi connectivity index (χ3v) is 3.62. The number of hydrogen-bond acceptors (Lipinski definition) is 3. The number of nitrogens with zero attached hydrogens (tertiary/aromatic N) is 2. The van der Waals surface area contributed by atoms with Crippen molar-refractivity contribution >= 4 is 10.8 Å². The van der Waals surface area contributed by atoms with Crippen molar-refractivity contribution < 1.29 is 4.21 Å². The maximum atomic E-state index is 11.8. The summed E-state index contributed by atoms with van der Waals surface area (Å²) in [6, 6.07) is 5.53. The molecule has 0 radical (unpaired) electrons. The van der Waals surface area contributed by atoms with E-state index in [1.807, 2.05) is 18.2 Å². The Balaban J connectivity index is 2.43. The lowest BCUT2D eigenvalue weighted by molar-refractivity contribution is 0.323. The van der Waals surface area contributed by atoms with Gasteiger partial charge in [0.15, 0.2) is 0 Å². The van der Waals surface area contributed by atoms with Crippen molar-refractivity contribution in [3.8, 4) is 0 Å². The summed E-state index contributed by atoms with van der Waals surface area (Å²) in [5.74, 6) is 0.665. The van der Waals surface area contributed by atoms with Gasteiger partial charge in [-0.05, 0) is 25.2 Å². The van der Waals surface area contributed by atoms with Crippen LogP contribution in [0.1, 0.15) is 13.8 Å². The first-order valence-electron chi connectivity index (χ1n) is 5.29. The molecule has 84 valence electrons. The quantitative estimate of drug-likeness (QED) is 0.737. The molecule has 3 nitrogen and oxygen atoms in total. The molecule has 1 aromatic rings. The van der Waals surface area contributed by atoms with Crippen LogP contribution in [0.4, 0.5) is 0 Å². The minimum absolute atomic E-state index is 0.665. The van der Waals surface area contributed by atoms with E-state index in [1.54, 1.807) is 6.20 Å². The summed E-state index contributed by atoms with van der Waals surface area (Å²) in [4.78, 5) is 6.35. The van der Waals surface area contributed by atoms with E-state index < -0.39 is 10.8 Å². The second kappa shape index (κ2) is 6.69. The fourth-order valence-electron chi connectivity index (χ4n) is 1.34. The van der Waals surface area contributed by atoms with Crippen molar-refractivity contribution in [3.63, 3.8) is 0 Å². The maximum absolute atomic E-state index is 11.8. The molecule has 0 amide bonds. The lowest BCUT2D eigenvalue weighted by Crippen LogP contribution is -2.27. The number of hydrogen-bond donors (Lipinski definition) is 0. The van der Waals surface area contributed by atoms with Gasteiger partial charge in [-0.25, -0.2) is 4.98 Å². The highest BCUT2D eigenvalue weighted by Crippen LogP contribution is 2.01. The molecule has 15 heavy (non-hydrogen) atoms. The Kier molecular flexibility index (Phi) is 5.50. The Morgan fingerprint density at radius 1 is 1.33 bits per heavy atom. The van der Waals surface area contributed by atoms with Crippen molar-refractivity contribution in [1.29, 1.82) is 0 Å². The molecule has 4 heteroatoms. The first-order chi connectivity index (χ1) is 7.27. The molecule has 1 unspecified atom stereocenters. The minimum Gasteiger partial charge on any atom is -0.303 e. The maximum Gasteiger partial charge on any atom is 0.127 e. The largest absolute Gasteiger partial charge is 0.303 e. The summed E-state index contributed by atoms with van der Waals surface area (Å²) in [5, 5.41) is 0.685. The van der Waals surface area contributed by atoms with E-state index in [4.69, 9.17) is 0 Å². The average Bonchev–Trinajstić information content (AvgIpc) is 2.31. The molecule has 1 rings (SSSR count). The lowest BCUT2D eigenvalue weighted by Gasteiger charge is -2.16. The van der Waals surface area contributed by atoms with Gasteiger partial charge >= 0.3 is 0 Å². The zero-order valence-electron chi connectivity index (χ0n) is 9.35. The molecular weight excluding hydrogens is 208 g/mol. The third-order valence-electron chi connectivity index (χ3n) is 2.36. The fourth-order valence-corrected chi connectivity index (χ4v) is 2.38. The highest BCUT2D eigenvalue weighted by Gasteiger charge is 2.06. The zero-order valence-corrected chi connectivity index (χ0v) is 10.2. The van der Waals surface area contributed by atoms with Gasteiger partial charge in [0.1, 0.15) is 5.03 Å². The molecule has 0 saturated heterocycles. The van der Waals surface area contributed by atoms with E-state index in [9.17, 15) is 4.21 Å². The van der Waals surface area contributed by atoms with E-state index in [1.165, 1.54) is 0 Å². The van der Waals surface area contributed by atoms with Gasteiger partial charge in [0.25, 0.3) is 0 Å². The van der Waals surface area contributed by atoms with Crippen LogP contribution in [0.25, 0.3) is 0 Å². The first kappa shape index (κ1) is 12.3. The molecule has 0 spiro atoms. The van der Waals surface area contributed by atoms with E-state index in [-0.39, 0.29) is 0 Å². The summed E-state index contributed by atoms with van der Waals surface area (Å²) >= 11 is 0. The molecule has 0 saturated carbocycles. The summed E-state index contributed by atoms with van der Waals surface area (Å²) in [5.41, 5.74) is 0. The molecule has 0 fully saturated rings. The molecule has 0 aromatic carbocycles. The van der Waals surface area contributed by atoms with E-state index in [0.29, 0.717) is 10.8 Å².